The number of hydrogen-bond donors (Lipinski definition) is 2. The molecule has 1 rings (SSSR count). The molecular weight excluding hydrogens is 233 g/mol. The molecule has 3 nitrogen and oxygen atoms in total. The van der Waals surface area contributed by atoms with Crippen LogP contribution in [0.5, 0.6) is 5.75 Å². The van der Waals surface area contributed by atoms with E-state index in [1.54, 1.807) is 26.0 Å². The van der Waals surface area contributed by atoms with Crippen LogP contribution in [0.2, 0.25) is 0 Å². The summed E-state index contributed by atoms with van der Waals surface area (Å²) in [4.78, 5) is 0. The summed E-state index contributed by atoms with van der Waals surface area (Å²) in [5, 5.41) is 12.5. The molecule has 0 aliphatic heterocycles. The van der Waals surface area contributed by atoms with Crippen LogP contribution in [0.1, 0.15) is 39.3 Å². The third-order valence-electron chi connectivity index (χ3n) is 2.95. The van der Waals surface area contributed by atoms with Crippen LogP contribution in [0.25, 0.3) is 0 Å². The minimum absolute atomic E-state index is 0.0294. The highest BCUT2D eigenvalue weighted by Crippen LogP contribution is 2.22. The zero-order valence-electron chi connectivity index (χ0n) is 11.4. The quantitative estimate of drug-likeness (QED) is 0.821. The van der Waals surface area contributed by atoms with Gasteiger partial charge in [-0.15, -0.1) is 0 Å². The Morgan fingerprint density at radius 2 is 2.00 bits per heavy atom. The van der Waals surface area contributed by atoms with Gasteiger partial charge in [0.15, 0.2) is 0 Å². The molecule has 0 bridgehead atoms. The number of benzene rings is 1. The molecule has 0 heterocycles. The van der Waals surface area contributed by atoms with Crippen molar-refractivity contribution in [2.75, 3.05) is 6.54 Å². The lowest BCUT2D eigenvalue weighted by molar-refractivity contribution is 0.0602. The molecule has 0 aromatic heterocycles. The van der Waals surface area contributed by atoms with Crippen molar-refractivity contribution in [1.82, 2.24) is 5.32 Å². The lowest BCUT2D eigenvalue weighted by Crippen LogP contribution is -2.25. The first-order valence-corrected chi connectivity index (χ1v) is 6.33. The fourth-order valence-electron chi connectivity index (χ4n) is 1.66. The van der Waals surface area contributed by atoms with E-state index in [1.807, 2.05) is 13.8 Å². The van der Waals surface area contributed by atoms with E-state index >= 15 is 0 Å². The van der Waals surface area contributed by atoms with Gasteiger partial charge in [0, 0.05) is 17.7 Å². The molecule has 0 amide bonds. The maximum absolute atomic E-state index is 13.9. The van der Waals surface area contributed by atoms with E-state index in [1.165, 1.54) is 6.07 Å². The monoisotopic (exact) mass is 255 g/mol. The van der Waals surface area contributed by atoms with Gasteiger partial charge in [0.1, 0.15) is 17.7 Å². The number of halogens is 1. The van der Waals surface area contributed by atoms with Gasteiger partial charge in [0.05, 0.1) is 6.10 Å². The molecule has 0 aliphatic carbocycles. The van der Waals surface area contributed by atoms with E-state index < -0.39 is 6.10 Å². The van der Waals surface area contributed by atoms with Crippen LogP contribution in [0, 0.1) is 5.82 Å². The van der Waals surface area contributed by atoms with Crippen LogP contribution < -0.4 is 10.1 Å². The maximum atomic E-state index is 13.9. The van der Waals surface area contributed by atoms with Crippen LogP contribution in [-0.4, -0.2) is 23.9 Å². The zero-order chi connectivity index (χ0) is 13.7. The van der Waals surface area contributed by atoms with Crippen molar-refractivity contribution in [3.63, 3.8) is 0 Å². The Morgan fingerprint density at radius 3 is 2.50 bits per heavy atom. The topological polar surface area (TPSA) is 41.5 Å². The molecule has 2 N–H and O–H groups in total. The number of ether oxygens (including phenoxy) is 1. The summed E-state index contributed by atoms with van der Waals surface area (Å²) in [6, 6.07) is 4.78. The van der Waals surface area contributed by atoms with Gasteiger partial charge in [-0.1, -0.05) is 13.0 Å². The molecule has 0 saturated heterocycles. The first-order chi connectivity index (χ1) is 8.45. The van der Waals surface area contributed by atoms with Gasteiger partial charge in [-0.2, -0.15) is 0 Å². The van der Waals surface area contributed by atoms with Crippen molar-refractivity contribution in [2.24, 2.45) is 0 Å². The molecular formula is C14H22FNO2. The smallest absolute Gasteiger partial charge is 0.131 e. The van der Waals surface area contributed by atoms with Gasteiger partial charge >= 0.3 is 0 Å². The van der Waals surface area contributed by atoms with Gasteiger partial charge in [0.25, 0.3) is 0 Å². The van der Waals surface area contributed by atoms with Crippen molar-refractivity contribution < 1.29 is 14.2 Å². The van der Waals surface area contributed by atoms with E-state index in [0.717, 1.165) is 6.54 Å². The lowest BCUT2D eigenvalue weighted by atomic mass is 10.1. The van der Waals surface area contributed by atoms with Gasteiger partial charge in [-0.05, 0) is 33.4 Å². The number of rotatable bonds is 6. The predicted molar refractivity (Wildman–Crippen MR) is 70.3 cm³/mol. The normalized spacial score (nSPS) is 16.1. The second-order valence-corrected chi connectivity index (χ2v) is 4.53. The van der Waals surface area contributed by atoms with E-state index in [4.69, 9.17) is 4.74 Å². The number of aliphatic hydroxyl groups excluding tert-OH is 1. The summed E-state index contributed by atoms with van der Waals surface area (Å²) in [6.45, 7) is 8.08. The van der Waals surface area contributed by atoms with E-state index in [0.29, 0.717) is 11.3 Å². The zero-order valence-corrected chi connectivity index (χ0v) is 11.4. The fraction of sp³-hybridized carbons (Fsp3) is 0.571. The van der Waals surface area contributed by atoms with Gasteiger partial charge < -0.3 is 15.2 Å². The Bertz CT molecular complexity index is 382. The van der Waals surface area contributed by atoms with Crippen molar-refractivity contribution in [3.8, 4) is 5.75 Å². The van der Waals surface area contributed by atoms with Gasteiger partial charge in [-0.25, -0.2) is 4.39 Å². The highest BCUT2D eigenvalue weighted by molar-refractivity contribution is 5.30. The Morgan fingerprint density at radius 1 is 1.33 bits per heavy atom. The van der Waals surface area contributed by atoms with Crippen molar-refractivity contribution >= 4 is 0 Å². The van der Waals surface area contributed by atoms with Crippen LogP contribution in [-0.2, 0) is 0 Å². The van der Waals surface area contributed by atoms with E-state index in [-0.39, 0.29) is 18.0 Å². The van der Waals surface area contributed by atoms with Gasteiger partial charge in [-0.3, -0.25) is 0 Å². The fourth-order valence-corrected chi connectivity index (χ4v) is 1.66. The molecule has 102 valence electrons. The number of nitrogens with one attached hydrogen (secondary N) is 1. The van der Waals surface area contributed by atoms with Gasteiger partial charge in [0.2, 0.25) is 0 Å². The summed E-state index contributed by atoms with van der Waals surface area (Å²) in [5.74, 6) is 0.145. The third kappa shape index (κ3) is 3.96. The average molecular weight is 255 g/mol. The highest BCUT2D eigenvalue weighted by Gasteiger charge is 2.14. The minimum atomic E-state index is -0.589. The molecule has 18 heavy (non-hydrogen) atoms. The first kappa shape index (κ1) is 14.9. The Kier molecular flexibility index (Phi) is 5.56. The van der Waals surface area contributed by atoms with Crippen molar-refractivity contribution in [2.45, 2.75) is 45.9 Å². The molecule has 3 atom stereocenters. The SMILES string of the molecule is CCNC(C)c1ccc(OC(C)C(C)O)cc1F. The molecule has 1 aromatic carbocycles. The van der Waals surface area contributed by atoms with Crippen LogP contribution >= 0.6 is 0 Å². The van der Waals surface area contributed by atoms with E-state index in [9.17, 15) is 9.50 Å². The first-order valence-electron chi connectivity index (χ1n) is 6.33. The number of hydrogen-bond acceptors (Lipinski definition) is 3. The molecule has 0 fully saturated rings. The van der Waals surface area contributed by atoms with Crippen molar-refractivity contribution in [1.29, 1.82) is 0 Å². The molecule has 4 heteroatoms. The summed E-state index contributed by atoms with van der Waals surface area (Å²) in [5.41, 5.74) is 0.619. The third-order valence-corrected chi connectivity index (χ3v) is 2.95. The molecule has 0 aliphatic rings. The molecule has 1 aromatic rings. The molecule has 0 spiro atoms. The van der Waals surface area contributed by atoms with Crippen molar-refractivity contribution in [3.05, 3.63) is 29.6 Å². The second kappa shape index (κ2) is 6.71. The summed E-state index contributed by atoms with van der Waals surface area (Å²) in [6.07, 6.45) is -0.949. The maximum Gasteiger partial charge on any atom is 0.131 e. The van der Waals surface area contributed by atoms with Crippen LogP contribution in [0.3, 0.4) is 0 Å². The highest BCUT2D eigenvalue weighted by atomic mass is 19.1. The Labute approximate surface area is 108 Å². The Hall–Kier alpha value is -1.13. The standard InChI is InChI=1S/C14H22FNO2/c1-5-16-9(2)13-7-6-12(8-14(13)15)18-11(4)10(3)17/h6-11,16-17H,5H2,1-4H3. The lowest BCUT2D eigenvalue weighted by Gasteiger charge is -2.19. The van der Waals surface area contributed by atoms with Crippen LogP contribution in [0.15, 0.2) is 18.2 Å². The second-order valence-electron chi connectivity index (χ2n) is 4.53. The number of aliphatic hydroxyl groups is 1. The average Bonchev–Trinajstić information content (AvgIpc) is 2.29. The van der Waals surface area contributed by atoms with E-state index in [2.05, 4.69) is 5.32 Å². The molecule has 3 unspecified atom stereocenters. The molecule has 0 saturated carbocycles. The minimum Gasteiger partial charge on any atom is -0.488 e. The summed E-state index contributed by atoms with van der Waals surface area (Å²) in [7, 11) is 0. The van der Waals surface area contributed by atoms with Crippen LogP contribution in [0.4, 0.5) is 4.39 Å². The predicted octanol–water partition coefficient (Wildman–Crippen LogP) is 2.64. The molecule has 0 radical (unpaired) electrons. The summed E-state index contributed by atoms with van der Waals surface area (Å²) >= 11 is 0. The summed E-state index contributed by atoms with van der Waals surface area (Å²) < 4.78 is 19.3. The largest absolute Gasteiger partial charge is 0.488 e. The Balaban J connectivity index is 2.79.